The van der Waals surface area contributed by atoms with E-state index in [2.05, 4.69) is 34.5 Å². The first-order valence-corrected chi connectivity index (χ1v) is 13.4. The van der Waals surface area contributed by atoms with Gasteiger partial charge in [0.25, 0.3) is 5.91 Å². The van der Waals surface area contributed by atoms with Crippen LogP contribution in [0, 0.1) is 0 Å². The minimum atomic E-state index is -0.119. The molecule has 1 atom stereocenters. The van der Waals surface area contributed by atoms with Gasteiger partial charge in [-0.05, 0) is 53.1 Å². The van der Waals surface area contributed by atoms with E-state index in [1.165, 1.54) is 5.69 Å². The molecule has 6 nitrogen and oxygen atoms in total. The van der Waals surface area contributed by atoms with Gasteiger partial charge in [0.2, 0.25) is 5.91 Å². The van der Waals surface area contributed by atoms with Gasteiger partial charge >= 0.3 is 0 Å². The molecule has 2 heterocycles. The van der Waals surface area contributed by atoms with Gasteiger partial charge in [0.15, 0.2) is 0 Å². The van der Waals surface area contributed by atoms with Crippen molar-refractivity contribution in [3.63, 3.8) is 0 Å². The Morgan fingerprint density at radius 1 is 0.944 bits per heavy atom. The minimum Gasteiger partial charge on any atom is -0.378 e. The van der Waals surface area contributed by atoms with Crippen molar-refractivity contribution in [2.24, 2.45) is 0 Å². The highest BCUT2D eigenvalue weighted by molar-refractivity contribution is 8.00. The Kier molecular flexibility index (Phi) is 7.80. The highest BCUT2D eigenvalue weighted by Crippen LogP contribution is 2.39. The van der Waals surface area contributed by atoms with Crippen molar-refractivity contribution in [1.82, 2.24) is 10.2 Å². The molecular weight excluding hydrogens is 494 g/mol. The number of nitrogens with one attached hydrogen (secondary N) is 1. The van der Waals surface area contributed by atoms with Crippen molar-refractivity contribution in [1.29, 1.82) is 0 Å². The fourth-order valence-electron chi connectivity index (χ4n) is 4.42. The number of thioether (sulfide) groups is 1. The van der Waals surface area contributed by atoms with Crippen molar-refractivity contribution < 1.29 is 14.3 Å². The van der Waals surface area contributed by atoms with E-state index in [0.717, 1.165) is 43.0 Å². The molecule has 1 N–H and O–H groups in total. The summed E-state index contributed by atoms with van der Waals surface area (Å²) in [5, 5.41) is 3.61. The number of nitrogens with zero attached hydrogens (tertiary/aromatic N) is 2. The van der Waals surface area contributed by atoms with Gasteiger partial charge < -0.3 is 19.9 Å². The van der Waals surface area contributed by atoms with Crippen LogP contribution < -0.4 is 10.2 Å². The SMILES string of the molecule is O=C(NCc1ccc(N2CCOCC2)cc1)c1ccc([C@H]2SCC(=O)N2Cc2ccc(Cl)cc2)cc1. The fraction of sp³-hybridized carbons (Fsp3) is 0.286. The highest BCUT2D eigenvalue weighted by atomic mass is 35.5. The maximum atomic E-state index is 12.7. The van der Waals surface area contributed by atoms with Crippen LogP contribution in [0.25, 0.3) is 0 Å². The van der Waals surface area contributed by atoms with Gasteiger partial charge in [-0.1, -0.05) is 48.0 Å². The Balaban J connectivity index is 1.18. The van der Waals surface area contributed by atoms with E-state index in [0.29, 0.717) is 29.4 Å². The van der Waals surface area contributed by atoms with Crippen LogP contribution in [0.15, 0.2) is 72.8 Å². The number of ether oxygens (including phenoxy) is 1. The normalized spacial score (nSPS) is 17.9. The Morgan fingerprint density at radius 2 is 1.61 bits per heavy atom. The molecule has 2 fully saturated rings. The second-order valence-corrected chi connectivity index (χ2v) is 10.4. The molecule has 0 unspecified atom stereocenters. The molecule has 3 aromatic rings. The Morgan fingerprint density at radius 3 is 2.31 bits per heavy atom. The molecule has 2 aliphatic rings. The maximum Gasteiger partial charge on any atom is 0.251 e. The predicted octanol–water partition coefficient (Wildman–Crippen LogP) is 4.88. The van der Waals surface area contributed by atoms with Gasteiger partial charge in [0.05, 0.1) is 19.0 Å². The molecule has 0 radical (unpaired) electrons. The molecule has 0 bridgehead atoms. The van der Waals surface area contributed by atoms with Crippen molar-refractivity contribution in [2.45, 2.75) is 18.5 Å². The monoisotopic (exact) mass is 521 g/mol. The first-order chi connectivity index (χ1) is 17.6. The van der Waals surface area contributed by atoms with Crippen LogP contribution >= 0.6 is 23.4 Å². The zero-order chi connectivity index (χ0) is 24.9. The average Bonchev–Trinajstić information content (AvgIpc) is 3.29. The summed E-state index contributed by atoms with van der Waals surface area (Å²) >= 11 is 7.60. The molecule has 0 spiro atoms. The predicted molar refractivity (Wildman–Crippen MR) is 144 cm³/mol. The number of hydrogen-bond acceptors (Lipinski definition) is 5. The summed E-state index contributed by atoms with van der Waals surface area (Å²) in [7, 11) is 0. The van der Waals surface area contributed by atoms with Gasteiger partial charge in [-0.3, -0.25) is 9.59 Å². The van der Waals surface area contributed by atoms with Crippen molar-refractivity contribution >= 4 is 40.9 Å². The van der Waals surface area contributed by atoms with Gasteiger partial charge in [-0.25, -0.2) is 0 Å². The van der Waals surface area contributed by atoms with Crippen LogP contribution in [0.5, 0.6) is 0 Å². The molecule has 0 saturated carbocycles. The third-order valence-corrected chi connectivity index (χ3v) is 7.97. The number of anilines is 1. The summed E-state index contributed by atoms with van der Waals surface area (Å²) in [6.45, 7) is 4.31. The zero-order valence-corrected chi connectivity index (χ0v) is 21.4. The number of halogens is 1. The number of rotatable bonds is 7. The lowest BCUT2D eigenvalue weighted by Gasteiger charge is -2.28. The van der Waals surface area contributed by atoms with Crippen molar-refractivity contribution in [3.8, 4) is 0 Å². The summed E-state index contributed by atoms with van der Waals surface area (Å²) in [6, 6.07) is 23.4. The molecule has 0 aromatic heterocycles. The Hall–Kier alpha value is -3.00. The molecule has 0 aliphatic carbocycles. The largest absolute Gasteiger partial charge is 0.378 e. The molecule has 8 heteroatoms. The third kappa shape index (κ3) is 5.86. The number of hydrogen-bond donors (Lipinski definition) is 1. The first-order valence-electron chi connectivity index (χ1n) is 12.0. The summed E-state index contributed by atoms with van der Waals surface area (Å²) in [5.41, 5.74) is 4.87. The van der Waals surface area contributed by atoms with E-state index < -0.39 is 0 Å². The van der Waals surface area contributed by atoms with E-state index in [1.807, 2.05) is 53.4 Å². The van der Waals surface area contributed by atoms with Crippen LogP contribution in [0.1, 0.15) is 32.4 Å². The summed E-state index contributed by atoms with van der Waals surface area (Å²) in [6.07, 6.45) is 0. The summed E-state index contributed by atoms with van der Waals surface area (Å²) in [5.74, 6) is 0.443. The third-order valence-electron chi connectivity index (χ3n) is 6.46. The van der Waals surface area contributed by atoms with Gasteiger partial charge in [0, 0.05) is 42.5 Å². The molecule has 2 amide bonds. The number of amides is 2. The molecule has 3 aromatic carbocycles. The summed E-state index contributed by atoms with van der Waals surface area (Å²) in [4.78, 5) is 29.5. The maximum absolute atomic E-state index is 12.7. The first kappa shape index (κ1) is 24.7. The molecule has 2 aliphatic heterocycles. The van der Waals surface area contributed by atoms with Crippen LogP contribution in [-0.2, 0) is 22.6 Å². The molecule has 36 heavy (non-hydrogen) atoms. The number of morpholine rings is 1. The minimum absolute atomic E-state index is 0.0738. The van der Waals surface area contributed by atoms with Gasteiger partial charge in [-0.15, -0.1) is 11.8 Å². The lowest BCUT2D eigenvalue weighted by Crippen LogP contribution is -2.36. The standard InChI is InChI=1S/C28H28ClN3O3S/c29-24-9-1-21(2-10-24)18-32-26(33)19-36-28(32)23-7-5-22(6-8-23)27(34)30-17-20-3-11-25(12-4-20)31-13-15-35-16-14-31/h1-12,28H,13-19H2,(H,30,34)/t28-/m1/s1. The number of benzene rings is 3. The van der Waals surface area contributed by atoms with Gasteiger partial charge in [-0.2, -0.15) is 0 Å². The quantitative estimate of drug-likeness (QED) is 0.480. The highest BCUT2D eigenvalue weighted by Gasteiger charge is 2.32. The molecule has 2 saturated heterocycles. The average molecular weight is 522 g/mol. The van der Waals surface area contributed by atoms with Crippen molar-refractivity contribution in [2.75, 3.05) is 37.0 Å². The fourth-order valence-corrected chi connectivity index (χ4v) is 5.73. The topological polar surface area (TPSA) is 61.9 Å². The van der Waals surface area contributed by atoms with Crippen LogP contribution in [0.2, 0.25) is 5.02 Å². The lowest BCUT2D eigenvalue weighted by molar-refractivity contribution is -0.128. The van der Waals surface area contributed by atoms with Crippen LogP contribution in [-0.4, -0.2) is 48.8 Å². The smallest absolute Gasteiger partial charge is 0.251 e. The van der Waals surface area contributed by atoms with E-state index in [-0.39, 0.29) is 17.2 Å². The van der Waals surface area contributed by atoms with E-state index in [4.69, 9.17) is 16.3 Å². The zero-order valence-electron chi connectivity index (χ0n) is 19.9. The second-order valence-electron chi connectivity index (χ2n) is 8.88. The lowest BCUT2D eigenvalue weighted by atomic mass is 10.1. The Labute approximate surface area is 220 Å². The number of carbonyl (C=O) groups excluding carboxylic acids is 2. The second kappa shape index (κ2) is 11.4. The van der Waals surface area contributed by atoms with Crippen LogP contribution in [0.4, 0.5) is 5.69 Å². The molecule has 5 rings (SSSR count). The van der Waals surface area contributed by atoms with E-state index in [9.17, 15) is 9.59 Å². The molecule has 186 valence electrons. The number of carbonyl (C=O) groups is 2. The van der Waals surface area contributed by atoms with E-state index in [1.54, 1.807) is 11.8 Å². The Bertz CT molecular complexity index is 1200. The van der Waals surface area contributed by atoms with Crippen LogP contribution in [0.3, 0.4) is 0 Å². The van der Waals surface area contributed by atoms with Crippen molar-refractivity contribution in [3.05, 3.63) is 100 Å². The van der Waals surface area contributed by atoms with Gasteiger partial charge in [0.1, 0.15) is 5.37 Å². The summed E-state index contributed by atoms with van der Waals surface area (Å²) < 4.78 is 5.41. The van der Waals surface area contributed by atoms with E-state index >= 15 is 0 Å². The molecular formula is C28H28ClN3O3S.